The van der Waals surface area contributed by atoms with Gasteiger partial charge in [0.05, 0.1) is 12.3 Å². The second kappa shape index (κ2) is 5.34. The van der Waals surface area contributed by atoms with Crippen LogP contribution in [0.4, 0.5) is 4.39 Å². The second-order valence-electron chi connectivity index (χ2n) is 3.85. The molecule has 0 saturated heterocycles. The van der Waals surface area contributed by atoms with E-state index in [1.165, 1.54) is 12.1 Å². The number of benzene rings is 1. The fraction of sp³-hybridized carbons (Fsp3) is 0.231. The Bertz CT molecular complexity index is 484. The maximum absolute atomic E-state index is 13.0. The summed E-state index contributed by atoms with van der Waals surface area (Å²) >= 11 is 5.97. The molecule has 1 heterocycles. The molecule has 2 aromatic rings. The van der Waals surface area contributed by atoms with E-state index >= 15 is 0 Å². The molecule has 17 heavy (non-hydrogen) atoms. The molecule has 0 saturated carbocycles. The third-order valence-electron chi connectivity index (χ3n) is 2.58. The van der Waals surface area contributed by atoms with Gasteiger partial charge in [0.15, 0.2) is 0 Å². The Morgan fingerprint density at radius 3 is 2.94 bits per heavy atom. The minimum absolute atomic E-state index is 0.0596. The average molecular weight is 254 g/mol. The van der Waals surface area contributed by atoms with Crippen molar-refractivity contribution in [3.63, 3.8) is 0 Å². The number of hydrogen-bond donors (Lipinski definition) is 1. The summed E-state index contributed by atoms with van der Waals surface area (Å²) in [6.45, 7) is 2.48. The first-order chi connectivity index (χ1) is 8.16. The van der Waals surface area contributed by atoms with Gasteiger partial charge in [0.25, 0.3) is 0 Å². The van der Waals surface area contributed by atoms with E-state index < -0.39 is 0 Å². The van der Waals surface area contributed by atoms with Crippen LogP contribution in [-0.4, -0.2) is 0 Å². The van der Waals surface area contributed by atoms with Crippen LogP contribution in [-0.2, 0) is 6.54 Å². The molecule has 4 heteroatoms. The molecule has 0 amide bonds. The monoisotopic (exact) mass is 253 g/mol. The van der Waals surface area contributed by atoms with E-state index in [1.807, 2.05) is 19.1 Å². The van der Waals surface area contributed by atoms with Crippen molar-refractivity contribution in [1.29, 1.82) is 0 Å². The Morgan fingerprint density at radius 2 is 2.24 bits per heavy atom. The van der Waals surface area contributed by atoms with Gasteiger partial charge in [-0.25, -0.2) is 4.39 Å². The van der Waals surface area contributed by atoms with Crippen molar-refractivity contribution in [3.8, 4) is 0 Å². The number of hydrogen-bond acceptors (Lipinski definition) is 2. The maximum Gasteiger partial charge on any atom is 0.123 e. The van der Waals surface area contributed by atoms with Crippen LogP contribution in [0.25, 0.3) is 0 Å². The zero-order valence-corrected chi connectivity index (χ0v) is 10.2. The van der Waals surface area contributed by atoms with Gasteiger partial charge in [-0.1, -0.05) is 11.6 Å². The zero-order valence-electron chi connectivity index (χ0n) is 9.41. The van der Waals surface area contributed by atoms with Crippen molar-refractivity contribution < 1.29 is 8.81 Å². The fourth-order valence-corrected chi connectivity index (χ4v) is 1.76. The van der Waals surface area contributed by atoms with Crippen LogP contribution in [0.1, 0.15) is 24.3 Å². The van der Waals surface area contributed by atoms with Gasteiger partial charge in [0.1, 0.15) is 11.6 Å². The Kier molecular flexibility index (Phi) is 3.82. The van der Waals surface area contributed by atoms with E-state index in [0.29, 0.717) is 11.6 Å². The van der Waals surface area contributed by atoms with Crippen molar-refractivity contribution in [2.24, 2.45) is 0 Å². The van der Waals surface area contributed by atoms with Crippen LogP contribution in [0.2, 0.25) is 5.02 Å². The summed E-state index contributed by atoms with van der Waals surface area (Å²) in [6, 6.07) is 8.13. The van der Waals surface area contributed by atoms with E-state index in [2.05, 4.69) is 5.32 Å². The summed E-state index contributed by atoms with van der Waals surface area (Å²) < 4.78 is 18.3. The minimum atomic E-state index is -0.281. The van der Waals surface area contributed by atoms with Crippen molar-refractivity contribution >= 4 is 11.6 Å². The molecule has 2 rings (SSSR count). The molecular formula is C13H13ClFNO. The van der Waals surface area contributed by atoms with Crippen molar-refractivity contribution in [3.05, 3.63) is 58.8 Å². The van der Waals surface area contributed by atoms with Gasteiger partial charge in [0.2, 0.25) is 0 Å². The highest BCUT2D eigenvalue weighted by molar-refractivity contribution is 6.31. The average Bonchev–Trinajstić information content (AvgIpc) is 2.83. The lowest BCUT2D eigenvalue weighted by Gasteiger charge is -2.12. The molecule has 0 fully saturated rings. The van der Waals surface area contributed by atoms with Crippen molar-refractivity contribution in [1.82, 2.24) is 5.32 Å². The normalized spacial score (nSPS) is 12.6. The predicted molar refractivity (Wildman–Crippen MR) is 65.4 cm³/mol. The molecule has 2 nitrogen and oxygen atoms in total. The van der Waals surface area contributed by atoms with Crippen LogP contribution in [0, 0.1) is 5.82 Å². The van der Waals surface area contributed by atoms with Crippen LogP contribution < -0.4 is 5.32 Å². The summed E-state index contributed by atoms with van der Waals surface area (Å²) in [4.78, 5) is 0. The largest absolute Gasteiger partial charge is 0.468 e. The van der Waals surface area contributed by atoms with Crippen LogP contribution >= 0.6 is 11.6 Å². The third kappa shape index (κ3) is 3.08. The van der Waals surface area contributed by atoms with Gasteiger partial charge in [-0.05, 0) is 42.8 Å². The molecule has 0 unspecified atom stereocenters. The van der Waals surface area contributed by atoms with Gasteiger partial charge in [-0.15, -0.1) is 0 Å². The molecule has 0 bridgehead atoms. The van der Waals surface area contributed by atoms with E-state index in [1.54, 1.807) is 12.3 Å². The molecule has 0 radical (unpaired) electrons. The third-order valence-corrected chi connectivity index (χ3v) is 2.95. The molecule has 0 spiro atoms. The topological polar surface area (TPSA) is 25.2 Å². The Labute approximate surface area is 104 Å². The summed E-state index contributed by atoms with van der Waals surface area (Å²) in [5.41, 5.74) is 0.741. The van der Waals surface area contributed by atoms with Crippen LogP contribution in [0.3, 0.4) is 0 Å². The zero-order chi connectivity index (χ0) is 12.3. The highest BCUT2D eigenvalue weighted by atomic mass is 35.5. The van der Waals surface area contributed by atoms with E-state index in [0.717, 1.165) is 11.3 Å². The summed E-state index contributed by atoms with van der Waals surface area (Å²) in [7, 11) is 0. The van der Waals surface area contributed by atoms with E-state index in [4.69, 9.17) is 16.0 Å². The number of rotatable bonds is 4. The molecule has 1 aromatic carbocycles. The lowest BCUT2D eigenvalue weighted by molar-refractivity contribution is 0.430. The molecular weight excluding hydrogens is 241 g/mol. The van der Waals surface area contributed by atoms with Gasteiger partial charge in [-0.2, -0.15) is 0 Å². The summed E-state index contributed by atoms with van der Waals surface area (Å²) in [5.74, 6) is 0.564. The first kappa shape index (κ1) is 12.1. The van der Waals surface area contributed by atoms with E-state index in [-0.39, 0.29) is 11.9 Å². The SMILES string of the molecule is C[C@@H](NCc1cc(F)ccc1Cl)c1ccco1. The number of halogens is 2. The van der Waals surface area contributed by atoms with Crippen LogP contribution in [0.5, 0.6) is 0 Å². The first-order valence-corrected chi connectivity index (χ1v) is 5.75. The molecule has 1 N–H and O–H groups in total. The summed E-state index contributed by atoms with van der Waals surface area (Å²) in [5, 5.41) is 3.79. The highest BCUT2D eigenvalue weighted by Crippen LogP contribution is 2.19. The Morgan fingerprint density at radius 1 is 1.41 bits per heavy atom. The summed E-state index contributed by atoms with van der Waals surface area (Å²) in [6.07, 6.45) is 1.63. The Hall–Kier alpha value is -1.32. The second-order valence-corrected chi connectivity index (χ2v) is 4.26. The van der Waals surface area contributed by atoms with Gasteiger partial charge >= 0.3 is 0 Å². The molecule has 0 aliphatic rings. The molecule has 0 aliphatic carbocycles. The fourth-order valence-electron chi connectivity index (χ4n) is 1.58. The maximum atomic E-state index is 13.0. The smallest absolute Gasteiger partial charge is 0.123 e. The molecule has 1 aromatic heterocycles. The Balaban J connectivity index is 2.00. The lowest BCUT2D eigenvalue weighted by Crippen LogP contribution is -2.17. The number of furan rings is 1. The highest BCUT2D eigenvalue weighted by Gasteiger charge is 2.09. The van der Waals surface area contributed by atoms with Gasteiger partial charge in [0, 0.05) is 11.6 Å². The minimum Gasteiger partial charge on any atom is -0.468 e. The first-order valence-electron chi connectivity index (χ1n) is 5.37. The van der Waals surface area contributed by atoms with Gasteiger partial charge < -0.3 is 9.73 Å². The quantitative estimate of drug-likeness (QED) is 0.893. The van der Waals surface area contributed by atoms with Gasteiger partial charge in [-0.3, -0.25) is 0 Å². The van der Waals surface area contributed by atoms with Crippen molar-refractivity contribution in [2.75, 3.05) is 0 Å². The standard InChI is InChI=1S/C13H13ClFNO/c1-9(13-3-2-6-17-13)16-8-10-7-11(15)4-5-12(10)14/h2-7,9,16H,8H2,1H3/t9-/m1/s1. The molecule has 1 atom stereocenters. The molecule has 0 aliphatic heterocycles. The predicted octanol–water partition coefficient (Wildman–Crippen LogP) is 3.92. The van der Waals surface area contributed by atoms with Crippen LogP contribution in [0.15, 0.2) is 41.0 Å². The lowest BCUT2D eigenvalue weighted by atomic mass is 10.2. The van der Waals surface area contributed by atoms with Crippen molar-refractivity contribution in [2.45, 2.75) is 19.5 Å². The van der Waals surface area contributed by atoms with E-state index in [9.17, 15) is 4.39 Å². The molecule has 90 valence electrons. The number of nitrogens with one attached hydrogen (secondary N) is 1.